The van der Waals surface area contributed by atoms with Gasteiger partial charge in [0.25, 0.3) is 5.89 Å². The minimum absolute atomic E-state index is 0.0342. The summed E-state index contributed by atoms with van der Waals surface area (Å²) in [4.78, 5) is 31.9. The van der Waals surface area contributed by atoms with Gasteiger partial charge in [-0.1, -0.05) is 93.8 Å². The fraction of sp³-hybridized carbons (Fsp3) is 0.467. The maximum Gasteiger partial charge on any atom is 0.416 e. The minimum atomic E-state index is -4.57. The average molecular weight is 560 g/mol. The quantitative estimate of drug-likeness (QED) is 0.0733. The Morgan fingerprint density at radius 3 is 2.23 bits per heavy atom. The van der Waals surface area contributed by atoms with Gasteiger partial charge in [0.2, 0.25) is 6.29 Å². The maximum atomic E-state index is 13.4. The second-order valence-electron chi connectivity index (χ2n) is 9.77. The SMILES string of the molecule is CCCCCCCCCCCc1noc(-c2ccc(CN(Cc3ccccc3C(F)(F)F)OC(=O)C=O)cc2)n1. The topological polar surface area (TPSA) is 85.5 Å². The lowest BCUT2D eigenvalue weighted by Crippen LogP contribution is -2.28. The standard InChI is InChI=1S/C30H36F3N3O4/c1-2-3-4-5-6-7-8-9-10-15-27-34-29(39-35-27)24-18-16-23(17-19-24)20-36(40-28(38)22-37)21-25-13-11-12-14-26(25)30(31,32)33/h11-14,16-19,22H,2-10,15,20-21H2,1H3. The van der Waals surface area contributed by atoms with Crippen LogP contribution >= 0.6 is 0 Å². The molecule has 0 bridgehead atoms. The first-order chi connectivity index (χ1) is 19.3. The Balaban J connectivity index is 1.55. The summed E-state index contributed by atoms with van der Waals surface area (Å²) in [6.07, 6.45) is 7.24. The van der Waals surface area contributed by atoms with E-state index in [4.69, 9.17) is 9.36 Å². The number of aryl methyl sites for hydroxylation is 1. The molecule has 0 aliphatic carbocycles. The van der Waals surface area contributed by atoms with Crippen molar-refractivity contribution in [1.82, 2.24) is 15.2 Å². The molecule has 0 spiro atoms. The van der Waals surface area contributed by atoms with Crippen molar-refractivity contribution in [3.63, 3.8) is 0 Å². The number of carbonyl (C=O) groups is 2. The van der Waals surface area contributed by atoms with E-state index in [9.17, 15) is 22.8 Å². The number of hydrogen-bond donors (Lipinski definition) is 0. The van der Waals surface area contributed by atoms with E-state index in [2.05, 4.69) is 17.1 Å². The first-order valence-electron chi connectivity index (χ1n) is 13.8. The number of rotatable bonds is 17. The molecule has 1 aromatic heterocycles. The first-order valence-corrected chi connectivity index (χ1v) is 13.8. The van der Waals surface area contributed by atoms with Gasteiger partial charge >= 0.3 is 12.1 Å². The molecule has 0 unspecified atom stereocenters. The van der Waals surface area contributed by atoms with E-state index >= 15 is 0 Å². The largest absolute Gasteiger partial charge is 0.416 e. The van der Waals surface area contributed by atoms with E-state index in [-0.39, 0.29) is 24.9 Å². The minimum Gasteiger partial charge on any atom is -0.361 e. The third-order valence-electron chi connectivity index (χ3n) is 6.52. The molecule has 3 aromatic rings. The summed E-state index contributed by atoms with van der Waals surface area (Å²) in [5.74, 6) is -0.176. The van der Waals surface area contributed by atoms with Crippen LogP contribution in [0.2, 0.25) is 0 Å². The number of alkyl halides is 3. The summed E-state index contributed by atoms with van der Waals surface area (Å²) < 4.78 is 45.7. The third-order valence-corrected chi connectivity index (χ3v) is 6.52. The molecule has 0 radical (unpaired) electrons. The Labute approximate surface area is 232 Å². The monoisotopic (exact) mass is 559 g/mol. The van der Waals surface area contributed by atoms with E-state index in [1.165, 1.54) is 63.1 Å². The lowest BCUT2D eigenvalue weighted by molar-refractivity contribution is -0.195. The summed E-state index contributed by atoms with van der Waals surface area (Å²) in [6.45, 7) is 1.82. The molecular weight excluding hydrogens is 523 g/mol. The molecule has 0 aliphatic heterocycles. The molecule has 0 amide bonds. The van der Waals surface area contributed by atoms with E-state index in [0.717, 1.165) is 30.4 Å². The second kappa shape index (κ2) is 15.9. The number of halogens is 3. The predicted octanol–water partition coefficient (Wildman–Crippen LogP) is 7.49. The number of unbranched alkanes of at least 4 members (excludes halogenated alkanes) is 8. The molecule has 3 rings (SSSR count). The van der Waals surface area contributed by atoms with Crippen molar-refractivity contribution in [1.29, 1.82) is 0 Å². The molecule has 0 saturated carbocycles. The van der Waals surface area contributed by atoms with Crippen LogP contribution in [-0.4, -0.2) is 27.5 Å². The van der Waals surface area contributed by atoms with Gasteiger partial charge in [0, 0.05) is 12.0 Å². The highest BCUT2D eigenvalue weighted by Gasteiger charge is 2.33. The fourth-order valence-electron chi connectivity index (χ4n) is 4.42. The van der Waals surface area contributed by atoms with Crippen LogP contribution < -0.4 is 0 Å². The van der Waals surface area contributed by atoms with Gasteiger partial charge in [-0.05, 0) is 35.7 Å². The van der Waals surface area contributed by atoms with E-state index in [0.29, 0.717) is 22.8 Å². The molecule has 10 heteroatoms. The maximum absolute atomic E-state index is 13.4. The Bertz CT molecular complexity index is 1200. The van der Waals surface area contributed by atoms with Crippen LogP contribution in [0.25, 0.3) is 11.5 Å². The van der Waals surface area contributed by atoms with Gasteiger partial charge in [0.1, 0.15) is 0 Å². The number of hydrogen-bond acceptors (Lipinski definition) is 7. The fourth-order valence-corrected chi connectivity index (χ4v) is 4.42. The number of hydroxylamine groups is 2. The summed E-state index contributed by atoms with van der Waals surface area (Å²) in [7, 11) is 0. The lowest BCUT2D eigenvalue weighted by atomic mass is 10.1. The van der Waals surface area contributed by atoms with Gasteiger partial charge in [-0.2, -0.15) is 18.2 Å². The van der Waals surface area contributed by atoms with Gasteiger partial charge < -0.3 is 9.36 Å². The number of aldehydes is 1. The van der Waals surface area contributed by atoms with Crippen molar-refractivity contribution in [2.45, 2.75) is 90.4 Å². The van der Waals surface area contributed by atoms with Crippen LogP contribution in [0.5, 0.6) is 0 Å². The van der Waals surface area contributed by atoms with Crippen molar-refractivity contribution < 1.29 is 32.1 Å². The Morgan fingerprint density at radius 1 is 0.925 bits per heavy atom. The van der Waals surface area contributed by atoms with Crippen molar-refractivity contribution in [2.75, 3.05) is 0 Å². The first kappa shape index (κ1) is 31.0. The highest BCUT2D eigenvalue weighted by Crippen LogP contribution is 2.32. The smallest absolute Gasteiger partial charge is 0.361 e. The predicted molar refractivity (Wildman–Crippen MR) is 144 cm³/mol. The summed E-state index contributed by atoms with van der Waals surface area (Å²) in [5, 5.41) is 5.09. The van der Waals surface area contributed by atoms with Crippen molar-refractivity contribution in [2.24, 2.45) is 0 Å². The Kier molecular flexibility index (Phi) is 12.3. The van der Waals surface area contributed by atoms with Crippen LogP contribution in [0.15, 0.2) is 53.1 Å². The lowest BCUT2D eigenvalue weighted by Gasteiger charge is -2.22. The molecule has 0 saturated heterocycles. The number of aromatic nitrogens is 2. The molecule has 0 atom stereocenters. The van der Waals surface area contributed by atoms with Crippen LogP contribution in [0.1, 0.15) is 87.2 Å². The zero-order valence-corrected chi connectivity index (χ0v) is 22.8. The third kappa shape index (κ3) is 10.2. The molecule has 0 N–H and O–H groups in total. The molecule has 7 nitrogen and oxygen atoms in total. The van der Waals surface area contributed by atoms with Crippen LogP contribution in [0, 0.1) is 0 Å². The Hall–Kier alpha value is -3.53. The van der Waals surface area contributed by atoms with Gasteiger partial charge in [0.15, 0.2) is 5.82 Å². The average Bonchev–Trinajstić information content (AvgIpc) is 3.41. The van der Waals surface area contributed by atoms with Crippen molar-refractivity contribution in [3.05, 3.63) is 71.0 Å². The zero-order valence-electron chi connectivity index (χ0n) is 22.8. The van der Waals surface area contributed by atoms with Crippen molar-refractivity contribution >= 4 is 12.3 Å². The molecule has 40 heavy (non-hydrogen) atoms. The van der Waals surface area contributed by atoms with E-state index in [1.54, 1.807) is 24.3 Å². The van der Waals surface area contributed by atoms with Gasteiger partial charge in [-0.15, -0.1) is 5.06 Å². The van der Waals surface area contributed by atoms with Gasteiger partial charge in [0.05, 0.1) is 18.7 Å². The number of carbonyl (C=O) groups excluding carboxylic acids is 2. The van der Waals surface area contributed by atoms with Crippen LogP contribution in [-0.2, 0) is 40.1 Å². The molecule has 2 aromatic carbocycles. The summed E-state index contributed by atoms with van der Waals surface area (Å²) in [5.41, 5.74) is 0.401. The van der Waals surface area contributed by atoms with Crippen LogP contribution in [0.4, 0.5) is 13.2 Å². The van der Waals surface area contributed by atoms with Crippen LogP contribution in [0.3, 0.4) is 0 Å². The van der Waals surface area contributed by atoms with Crippen molar-refractivity contribution in [3.8, 4) is 11.5 Å². The summed E-state index contributed by atoms with van der Waals surface area (Å²) >= 11 is 0. The molecule has 1 heterocycles. The highest BCUT2D eigenvalue weighted by atomic mass is 19.4. The van der Waals surface area contributed by atoms with E-state index in [1.807, 2.05) is 0 Å². The highest BCUT2D eigenvalue weighted by molar-refractivity contribution is 6.20. The zero-order chi connectivity index (χ0) is 28.8. The summed E-state index contributed by atoms with van der Waals surface area (Å²) in [6, 6.07) is 11.9. The molecule has 216 valence electrons. The van der Waals surface area contributed by atoms with Gasteiger partial charge in [-0.25, -0.2) is 4.79 Å². The van der Waals surface area contributed by atoms with Gasteiger partial charge in [-0.3, -0.25) is 4.79 Å². The second-order valence-corrected chi connectivity index (χ2v) is 9.77. The normalized spacial score (nSPS) is 11.6. The number of nitrogens with zero attached hydrogens (tertiary/aromatic N) is 3. The molecular formula is C30H36F3N3O4. The number of benzene rings is 2. The molecule has 0 fully saturated rings. The molecule has 0 aliphatic rings. The Morgan fingerprint density at radius 2 is 1.57 bits per heavy atom. The van der Waals surface area contributed by atoms with E-state index < -0.39 is 17.7 Å².